The van der Waals surface area contributed by atoms with E-state index in [-0.39, 0.29) is 11.7 Å². The predicted molar refractivity (Wildman–Crippen MR) is 135 cm³/mol. The summed E-state index contributed by atoms with van der Waals surface area (Å²) in [4.78, 5) is 16.6. The molecule has 0 saturated heterocycles. The molecule has 1 amide bonds. The highest BCUT2D eigenvalue weighted by Crippen LogP contribution is 2.30. The van der Waals surface area contributed by atoms with E-state index in [1.165, 1.54) is 11.8 Å². The molecule has 4 aromatic rings. The van der Waals surface area contributed by atoms with Crippen molar-refractivity contribution in [2.24, 2.45) is 5.10 Å². The lowest BCUT2D eigenvalue weighted by Gasteiger charge is -2.11. The van der Waals surface area contributed by atoms with Gasteiger partial charge in [0, 0.05) is 5.02 Å². The number of thioether (sulfide) groups is 1. The van der Waals surface area contributed by atoms with Crippen molar-refractivity contribution >= 4 is 57.0 Å². The summed E-state index contributed by atoms with van der Waals surface area (Å²) >= 11 is 8.87. The molecule has 3 aromatic carbocycles. The summed E-state index contributed by atoms with van der Waals surface area (Å²) in [7, 11) is 1.58. The third kappa shape index (κ3) is 6.47. The van der Waals surface area contributed by atoms with Crippen molar-refractivity contribution in [2.75, 3.05) is 12.9 Å². The van der Waals surface area contributed by atoms with Crippen molar-refractivity contribution < 1.29 is 14.3 Å². The molecule has 0 aliphatic carbocycles. The van der Waals surface area contributed by atoms with Gasteiger partial charge in [0.2, 0.25) is 0 Å². The van der Waals surface area contributed by atoms with Crippen molar-refractivity contribution in [1.82, 2.24) is 10.4 Å². The Kier molecular flexibility index (Phi) is 7.83. The second kappa shape index (κ2) is 11.2. The molecule has 0 atom stereocenters. The second-order valence-corrected chi connectivity index (χ2v) is 9.54. The molecular weight excluding hydrogens is 478 g/mol. The standard InChI is InChI=1S/C24H20ClN3O3S2/c1-30-21-12-17(8-11-20(21)31-14-16-6-9-18(25)10-7-16)13-26-28-23(29)15-32-24-27-19-4-2-3-5-22(19)33-24/h2-13H,14-15H2,1H3,(H,28,29). The Morgan fingerprint density at radius 1 is 1.15 bits per heavy atom. The maximum atomic E-state index is 12.1. The highest BCUT2D eigenvalue weighted by Gasteiger charge is 2.08. The van der Waals surface area contributed by atoms with E-state index in [1.807, 2.05) is 54.6 Å². The van der Waals surface area contributed by atoms with Crippen molar-refractivity contribution in [2.45, 2.75) is 10.9 Å². The van der Waals surface area contributed by atoms with Crippen LogP contribution in [0.15, 0.2) is 76.2 Å². The molecule has 0 radical (unpaired) electrons. The SMILES string of the molecule is COc1cc(C=NNC(=O)CSc2nc3ccccc3s2)ccc1OCc1ccc(Cl)cc1. The number of nitrogens with zero attached hydrogens (tertiary/aromatic N) is 2. The molecule has 168 valence electrons. The van der Waals surface area contributed by atoms with E-state index in [9.17, 15) is 4.79 Å². The van der Waals surface area contributed by atoms with Gasteiger partial charge < -0.3 is 9.47 Å². The molecule has 1 heterocycles. The minimum absolute atomic E-state index is 0.203. The van der Waals surface area contributed by atoms with Crippen LogP contribution in [0.2, 0.25) is 5.02 Å². The molecule has 0 saturated carbocycles. The van der Waals surface area contributed by atoms with Crippen molar-refractivity contribution in [3.05, 3.63) is 82.9 Å². The summed E-state index contributed by atoms with van der Waals surface area (Å²) in [6, 6.07) is 20.8. The van der Waals surface area contributed by atoms with E-state index in [1.54, 1.807) is 36.8 Å². The zero-order valence-electron chi connectivity index (χ0n) is 17.7. The molecule has 1 N–H and O–H groups in total. The molecular formula is C24H20ClN3O3S2. The lowest BCUT2D eigenvalue weighted by molar-refractivity contribution is -0.118. The van der Waals surface area contributed by atoms with E-state index in [4.69, 9.17) is 21.1 Å². The molecule has 0 unspecified atom stereocenters. The molecule has 0 spiro atoms. The largest absolute Gasteiger partial charge is 0.493 e. The summed E-state index contributed by atoms with van der Waals surface area (Å²) in [5.41, 5.74) is 5.25. The van der Waals surface area contributed by atoms with Gasteiger partial charge in [-0.3, -0.25) is 4.79 Å². The summed E-state index contributed by atoms with van der Waals surface area (Å²) in [6.07, 6.45) is 1.56. The molecule has 4 rings (SSSR count). The number of benzene rings is 3. The zero-order chi connectivity index (χ0) is 23.0. The quantitative estimate of drug-likeness (QED) is 0.180. The van der Waals surface area contributed by atoms with E-state index < -0.39 is 0 Å². The summed E-state index contributed by atoms with van der Waals surface area (Å²) < 4.78 is 13.2. The molecule has 0 aliphatic heterocycles. The van der Waals surface area contributed by atoms with Gasteiger partial charge in [-0.25, -0.2) is 10.4 Å². The number of carbonyl (C=O) groups excluding carboxylic acids is 1. The first-order valence-corrected chi connectivity index (χ1v) is 12.1. The van der Waals surface area contributed by atoms with Gasteiger partial charge in [-0.15, -0.1) is 11.3 Å². The maximum Gasteiger partial charge on any atom is 0.250 e. The average molecular weight is 498 g/mol. The smallest absolute Gasteiger partial charge is 0.250 e. The first kappa shape index (κ1) is 23.1. The van der Waals surface area contributed by atoms with E-state index in [2.05, 4.69) is 15.5 Å². The Bertz CT molecular complexity index is 1240. The average Bonchev–Trinajstić information content (AvgIpc) is 3.26. The molecule has 0 fully saturated rings. The lowest BCUT2D eigenvalue weighted by Crippen LogP contribution is -2.19. The van der Waals surface area contributed by atoms with Crippen molar-refractivity contribution in [1.29, 1.82) is 0 Å². The fourth-order valence-electron chi connectivity index (χ4n) is 2.88. The van der Waals surface area contributed by atoms with Gasteiger partial charge in [0.1, 0.15) is 6.61 Å². The van der Waals surface area contributed by atoms with Gasteiger partial charge in [0.25, 0.3) is 5.91 Å². The Labute approximate surface area is 204 Å². The number of rotatable bonds is 9. The topological polar surface area (TPSA) is 72.8 Å². The number of ether oxygens (including phenoxy) is 2. The maximum absolute atomic E-state index is 12.1. The number of thiazole rings is 1. The highest BCUT2D eigenvalue weighted by molar-refractivity contribution is 8.01. The zero-order valence-corrected chi connectivity index (χ0v) is 20.0. The first-order chi connectivity index (χ1) is 16.1. The normalized spacial score (nSPS) is 11.1. The molecule has 9 heteroatoms. The minimum atomic E-state index is -0.203. The van der Waals surface area contributed by atoms with Gasteiger partial charge in [0.15, 0.2) is 15.8 Å². The number of halogens is 1. The van der Waals surface area contributed by atoms with Crippen molar-refractivity contribution in [3.8, 4) is 11.5 Å². The third-order valence-electron chi connectivity index (χ3n) is 4.50. The number of aromatic nitrogens is 1. The van der Waals surface area contributed by atoms with E-state index in [0.29, 0.717) is 23.1 Å². The van der Waals surface area contributed by atoms with Crippen molar-refractivity contribution in [3.63, 3.8) is 0 Å². The summed E-state index contributed by atoms with van der Waals surface area (Å²) in [5, 5.41) is 4.72. The number of para-hydroxylation sites is 1. The van der Waals surface area contributed by atoms with Crippen LogP contribution in [0.1, 0.15) is 11.1 Å². The van der Waals surface area contributed by atoms with Gasteiger partial charge >= 0.3 is 0 Å². The van der Waals surface area contributed by atoms with Crippen LogP contribution >= 0.6 is 34.7 Å². The Morgan fingerprint density at radius 2 is 1.97 bits per heavy atom. The fourth-order valence-corrected chi connectivity index (χ4v) is 4.86. The summed E-state index contributed by atoms with van der Waals surface area (Å²) in [6.45, 7) is 0.392. The molecule has 33 heavy (non-hydrogen) atoms. The number of methoxy groups -OCH3 is 1. The predicted octanol–water partition coefficient (Wildman–Crippen LogP) is 5.78. The van der Waals surface area contributed by atoms with Crippen LogP contribution in [-0.2, 0) is 11.4 Å². The first-order valence-electron chi connectivity index (χ1n) is 9.96. The van der Waals surface area contributed by atoms with Gasteiger partial charge in [-0.2, -0.15) is 5.10 Å². The van der Waals surface area contributed by atoms with Crippen LogP contribution in [0.3, 0.4) is 0 Å². The molecule has 0 aliphatic rings. The monoisotopic (exact) mass is 497 g/mol. The fraction of sp³-hybridized carbons (Fsp3) is 0.125. The summed E-state index contributed by atoms with van der Waals surface area (Å²) in [5.74, 6) is 1.22. The number of hydrogen-bond acceptors (Lipinski definition) is 7. The van der Waals surface area contributed by atoms with E-state index in [0.717, 1.165) is 25.7 Å². The molecule has 6 nitrogen and oxygen atoms in total. The van der Waals surface area contributed by atoms with Gasteiger partial charge in [0.05, 0.1) is 29.3 Å². The van der Waals surface area contributed by atoms with Crippen LogP contribution in [0.4, 0.5) is 0 Å². The van der Waals surface area contributed by atoms with Gasteiger partial charge in [-0.1, -0.05) is 47.6 Å². The third-order valence-corrected chi connectivity index (χ3v) is 6.93. The number of carbonyl (C=O) groups is 1. The van der Waals surface area contributed by atoms with Crippen LogP contribution in [0.5, 0.6) is 11.5 Å². The number of amides is 1. The van der Waals surface area contributed by atoms with E-state index >= 15 is 0 Å². The van der Waals surface area contributed by atoms with Crippen LogP contribution in [0.25, 0.3) is 10.2 Å². The minimum Gasteiger partial charge on any atom is -0.493 e. The van der Waals surface area contributed by atoms with Crippen LogP contribution in [-0.4, -0.2) is 30.0 Å². The van der Waals surface area contributed by atoms with Crippen LogP contribution < -0.4 is 14.9 Å². The second-order valence-electron chi connectivity index (χ2n) is 6.85. The number of nitrogens with one attached hydrogen (secondary N) is 1. The lowest BCUT2D eigenvalue weighted by atomic mass is 10.2. The Hall–Kier alpha value is -3.07. The highest BCUT2D eigenvalue weighted by atomic mass is 35.5. The molecule has 1 aromatic heterocycles. The number of hydrazone groups is 1. The Morgan fingerprint density at radius 3 is 2.76 bits per heavy atom. The van der Waals surface area contributed by atoms with Gasteiger partial charge in [-0.05, 0) is 53.6 Å². The van der Waals surface area contributed by atoms with Crippen LogP contribution in [0, 0.1) is 0 Å². The Balaban J connectivity index is 1.28. The number of fused-ring (bicyclic) bond motifs is 1. The molecule has 0 bridgehead atoms. The number of hydrogen-bond donors (Lipinski definition) is 1.